The fourth-order valence-corrected chi connectivity index (χ4v) is 5.22. The molecule has 0 fully saturated rings. The van der Waals surface area contributed by atoms with Crippen molar-refractivity contribution in [2.45, 2.75) is 4.90 Å². The Morgan fingerprint density at radius 2 is 1.82 bits per heavy atom. The molecule has 9 heteroatoms. The number of fused-ring (bicyclic) bond motifs is 1. The number of rotatable bonds is 6. The van der Waals surface area contributed by atoms with Crippen LogP contribution in [0.3, 0.4) is 0 Å². The molecule has 28 heavy (non-hydrogen) atoms. The number of para-hydroxylation sites is 1. The number of hydrogen-bond acceptors (Lipinski definition) is 6. The van der Waals surface area contributed by atoms with Crippen molar-refractivity contribution in [3.8, 4) is 0 Å². The van der Waals surface area contributed by atoms with Crippen LogP contribution in [0, 0.1) is 3.57 Å². The SMILES string of the molecule is CN(C)CCN(C(=O)c1ccccc1I)c1nc2c(S(C)(=O)=O)cccc2s1. The zero-order valence-corrected chi connectivity index (χ0v) is 19.5. The molecule has 1 aromatic heterocycles. The second kappa shape index (κ2) is 8.44. The third kappa shape index (κ3) is 4.53. The number of amides is 1. The lowest BCUT2D eigenvalue weighted by Gasteiger charge is -2.22. The van der Waals surface area contributed by atoms with Crippen LogP contribution in [0.1, 0.15) is 10.4 Å². The lowest BCUT2D eigenvalue weighted by molar-refractivity contribution is 0.0984. The third-order valence-corrected chi connectivity index (χ3v) is 7.23. The molecule has 1 heterocycles. The molecule has 0 spiro atoms. The minimum atomic E-state index is -3.42. The van der Waals surface area contributed by atoms with Crippen LogP contribution in [0.5, 0.6) is 0 Å². The van der Waals surface area contributed by atoms with Crippen LogP contribution in [0.25, 0.3) is 10.2 Å². The smallest absolute Gasteiger partial charge is 0.261 e. The Kier molecular flexibility index (Phi) is 6.37. The maximum atomic E-state index is 13.3. The summed E-state index contributed by atoms with van der Waals surface area (Å²) in [6.45, 7) is 1.11. The summed E-state index contributed by atoms with van der Waals surface area (Å²) in [5, 5.41) is 0.498. The van der Waals surface area contributed by atoms with Crippen molar-refractivity contribution in [1.29, 1.82) is 0 Å². The number of hydrogen-bond donors (Lipinski definition) is 0. The molecular weight excluding hydrogens is 509 g/mol. The van der Waals surface area contributed by atoms with Crippen LogP contribution in [-0.4, -0.2) is 57.6 Å². The number of halogens is 1. The van der Waals surface area contributed by atoms with Crippen LogP contribution in [0.2, 0.25) is 0 Å². The highest BCUT2D eigenvalue weighted by Gasteiger charge is 2.24. The van der Waals surface area contributed by atoms with Crippen LogP contribution in [0.4, 0.5) is 5.13 Å². The Morgan fingerprint density at radius 3 is 2.46 bits per heavy atom. The fourth-order valence-electron chi connectivity index (χ4n) is 2.69. The number of sulfone groups is 1. The van der Waals surface area contributed by atoms with Crippen molar-refractivity contribution in [3.05, 3.63) is 51.6 Å². The minimum Gasteiger partial charge on any atom is -0.308 e. The molecule has 2 aromatic carbocycles. The van der Waals surface area contributed by atoms with Crippen molar-refractivity contribution in [2.75, 3.05) is 38.3 Å². The molecule has 0 atom stereocenters. The van der Waals surface area contributed by atoms with Crippen LogP contribution in [-0.2, 0) is 9.84 Å². The van der Waals surface area contributed by atoms with Gasteiger partial charge in [0.1, 0.15) is 5.52 Å². The Hall–Kier alpha value is -1.56. The van der Waals surface area contributed by atoms with Gasteiger partial charge in [0, 0.05) is 22.9 Å². The highest BCUT2D eigenvalue weighted by molar-refractivity contribution is 14.1. The largest absolute Gasteiger partial charge is 0.308 e. The molecule has 3 rings (SSSR count). The molecule has 0 aliphatic rings. The highest BCUT2D eigenvalue weighted by Crippen LogP contribution is 2.33. The molecule has 1 amide bonds. The van der Waals surface area contributed by atoms with Gasteiger partial charge in [-0.3, -0.25) is 9.69 Å². The van der Waals surface area contributed by atoms with E-state index in [1.54, 1.807) is 23.1 Å². The summed E-state index contributed by atoms with van der Waals surface area (Å²) in [6.07, 6.45) is 1.17. The normalized spacial score (nSPS) is 11.9. The lowest BCUT2D eigenvalue weighted by atomic mass is 10.2. The number of thiazole rings is 1. The maximum absolute atomic E-state index is 13.3. The van der Waals surface area contributed by atoms with Gasteiger partial charge in [-0.2, -0.15) is 0 Å². The Balaban J connectivity index is 2.11. The summed E-state index contributed by atoms with van der Waals surface area (Å²) in [6, 6.07) is 12.5. The topological polar surface area (TPSA) is 70.6 Å². The van der Waals surface area contributed by atoms with E-state index in [1.807, 2.05) is 43.3 Å². The van der Waals surface area contributed by atoms with Gasteiger partial charge in [0.2, 0.25) is 0 Å². The Labute approximate surface area is 182 Å². The first-order chi connectivity index (χ1) is 13.2. The van der Waals surface area contributed by atoms with Crippen LogP contribution >= 0.6 is 33.9 Å². The minimum absolute atomic E-state index is 0.146. The molecule has 3 aromatic rings. The number of aromatic nitrogens is 1. The molecule has 0 unspecified atom stereocenters. The molecule has 0 aliphatic heterocycles. The fraction of sp³-hybridized carbons (Fsp3) is 0.263. The van der Waals surface area contributed by atoms with Crippen LogP contribution in [0.15, 0.2) is 47.4 Å². The van der Waals surface area contributed by atoms with Gasteiger partial charge in [-0.05, 0) is 61.0 Å². The van der Waals surface area contributed by atoms with Gasteiger partial charge in [-0.15, -0.1) is 0 Å². The first-order valence-corrected chi connectivity index (χ1v) is 12.3. The van der Waals surface area contributed by atoms with Crippen molar-refractivity contribution < 1.29 is 13.2 Å². The first kappa shape index (κ1) is 21.2. The van der Waals surface area contributed by atoms with Gasteiger partial charge in [-0.25, -0.2) is 13.4 Å². The van der Waals surface area contributed by atoms with E-state index in [0.717, 1.165) is 8.27 Å². The average Bonchev–Trinajstić information content (AvgIpc) is 3.04. The van der Waals surface area contributed by atoms with Gasteiger partial charge in [-0.1, -0.05) is 29.5 Å². The van der Waals surface area contributed by atoms with Crippen molar-refractivity contribution in [2.24, 2.45) is 0 Å². The Morgan fingerprint density at radius 1 is 1.11 bits per heavy atom. The van der Waals surface area contributed by atoms with Gasteiger partial charge < -0.3 is 4.90 Å². The summed E-state index contributed by atoms with van der Waals surface area (Å²) < 4.78 is 25.8. The zero-order valence-electron chi connectivity index (χ0n) is 15.7. The van der Waals surface area contributed by atoms with E-state index >= 15 is 0 Å². The van der Waals surface area contributed by atoms with E-state index in [0.29, 0.717) is 29.3 Å². The quantitative estimate of drug-likeness (QED) is 0.458. The summed E-state index contributed by atoms with van der Waals surface area (Å²) in [5.74, 6) is -0.146. The predicted octanol–water partition coefficient (Wildman–Crippen LogP) is 3.51. The summed E-state index contributed by atoms with van der Waals surface area (Å²) >= 11 is 3.47. The highest BCUT2D eigenvalue weighted by atomic mass is 127. The van der Waals surface area contributed by atoms with E-state index in [4.69, 9.17) is 0 Å². The van der Waals surface area contributed by atoms with E-state index in [-0.39, 0.29) is 10.8 Å². The van der Waals surface area contributed by atoms with E-state index < -0.39 is 9.84 Å². The third-order valence-electron chi connectivity index (χ3n) is 4.12. The molecule has 0 aliphatic carbocycles. The van der Waals surface area contributed by atoms with Crippen molar-refractivity contribution in [3.63, 3.8) is 0 Å². The van der Waals surface area contributed by atoms with Crippen LogP contribution < -0.4 is 4.90 Å². The van der Waals surface area contributed by atoms with Crippen molar-refractivity contribution >= 4 is 65.0 Å². The molecule has 148 valence electrons. The van der Waals surface area contributed by atoms with Crippen molar-refractivity contribution in [1.82, 2.24) is 9.88 Å². The second-order valence-electron chi connectivity index (χ2n) is 6.61. The lowest BCUT2D eigenvalue weighted by Crippen LogP contribution is -2.37. The summed E-state index contributed by atoms with van der Waals surface area (Å²) in [5.41, 5.74) is 1.01. The van der Waals surface area contributed by atoms with Gasteiger partial charge in [0.05, 0.1) is 15.2 Å². The van der Waals surface area contributed by atoms with Gasteiger partial charge in [0.15, 0.2) is 15.0 Å². The van der Waals surface area contributed by atoms with E-state index in [2.05, 4.69) is 27.6 Å². The molecule has 0 N–H and O–H groups in total. The number of carbonyl (C=O) groups is 1. The average molecular weight is 529 g/mol. The first-order valence-electron chi connectivity index (χ1n) is 8.49. The number of anilines is 1. The Bertz CT molecular complexity index is 1130. The molecular formula is C19H20IN3O3S2. The van der Waals surface area contributed by atoms with E-state index in [9.17, 15) is 13.2 Å². The molecule has 6 nitrogen and oxygen atoms in total. The molecule has 0 bridgehead atoms. The standard InChI is InChI=1S/C19H20IN3O3S2/c1-22(2)11-12-23(18(24)13-7-4-5-8-14(13)20)19-21-17-15(27-19)9-6-10-16(17)28(3,25)26/h4-10H,11-12H2,1-3H3. The number of nitrogens with zero attached hydrogens (tertiary/aromatic N) is 3. The number of likely N-dealkylation sites (N-methyl/N-ethyl adjacent to an activating group) is 1. The summed E-state index contributed by atoms with van der Waals surface area (Å²) in [4.78, 5) is 21.7. The maximum Gasteiger partial charge on any atom is 0.261 e. The molecule has 0 saturated carbocycles. The second-order valence-corrected chi connectivity index (χ2v) is 10.8. The zero-order chi connectivity index (χ0) is 20.5. The molecule has 0 radical (unpaired) electrons. The monoisotopic (exact) mass is 529 g/mol. The number of benzene rings is 2. The molecule has 0 saturated heterocycles. The van der Waals surface area contributed by atoms with E-state index in [1.165, 1.54) is 17.6 Å². The van der Waals surface area contributed by atoms with Gasteiger partial charge >= 0.3 is 0 Å². The predicted molar refractivity (Wildman–Crippen MR) is 122 cm³/mol. The number of carbonyl (C=O) groups excluding carboxylic acids is 1. The van der Waals surface area contributed by atoms with Gasteiger partial charge in [0.25, 0.3) is 5.91 Å². The summed E-state index contributed by atoms with van der Waals surface area (Å²) in [7, 11) is 0.464.